The molecular formula is C19H17FIN3O4S. The highest BCUT2D eigenvalue weighted by Crippen LogP contribution is 2.35. The fraction of sp³-hybridized carbons (Fsp3) is 0.263. The van der Waals surface area contributed by atoms with E-state index in [1.807, 2.05) is 22.6 Å². The van der Waals surface area contributed by atoms with Gasteiger partial charge in [-0.25, -0.2) is 12.8 Å². The highest BCUT2D eigenvalue weighted by molar-refractivity contribution is 14.1. The first-order valence-electron chi connectivity index (χ1n) is 8.81. The Morgan fingerprint density at radius 2 is 2.17 bits per heavy atom. The molecule has 0 saturated carbocycles. The molecular weight excluding hydrogens is 512 g/mol. The van der Waals surface area contributed by atoms with Crippen molar-refractivity contribution in [3.8, 4) is 0 Å². The molecule has 0 spiro atoms. The minimum atomic E-state index is -3.24. The van der Waals surface area contributed by atoms with Crippen molar-refractivity contribution in [2.75, 3.05) is 24.7 Å². The highest BCUT2D eigenvalue weighted by Gasteiger charge is 2.35. The summed E-state index contributed by atoms with van der Waals surface area (Å²) in [4.78, 5) is 18.6. The lowest BCUT2D eigenvalue weighted by Crippen LogP contribution is -2.31. The molecule has 0 bridgehead atoms. The summed E-state index contributed by atoms with van der Waals surface area (Å²) in [5.74, 6) is -0.910. The number of carbonyl (C=O) groups excluding carboxylic acids is 1. The van der Waals surface area contributed by atoms with Crippen LogP contribution in [0.5, 0.6) is 0 Å². The van der Waals surface area contributed by atoms with Crippen LogP contribution in [-0.4, -0.2) is 48.8 Å². The van der Waals surface area contributed by atoms with E-state index in [4.69, 9.17) is 4.42 Å². The number of amides is 1. The lowest BCUT2D eigenvalue weighted by molar-refractivity contribution is 0.0765. The second-order valence-corrected chi connectivity index (χ2v) is 10.5. The number of likely N-dealkylation sites (tertiary alicyclic amines) is 1. The molecule has 3 heterocycles. The minimum absolute atomic E-state index is 0.0000935. The van der Waals surface area contributed by atoms with Crippen molar-refractivity contribution in [2.45, 2.75) is 11.7 Å². The molecule has 2 aromatic heterocycles. The summed E-state index contributed by atoms with van der Waals surface area (Å²) in [6, 6.07) is 6.31. The number of fused-ring (bicyclic) bond motifs is 1. The number of hydrogen-bond donors (Lipinski definition) is 1. The maximum atomic E-state index is 14.4. The molecule has 1 aliphatic rings. The average molecular weight is 529 g/mol. The van der Waals surface area contributed by atoms with Crippen LogP contribution in [0, 0.1) is 9.39 Å². The van der Waals surface area contributed by atoms with Crippen LogP contribution in [0.2, 0.25) is 0 Å². The number of hydrogen-bond acceptors (Lipinski definition) is 6. The predicted molar refractivity (Wildman–Crippen MR) is 116 cm³/mol. The van der Waals surface area contributed by atoms with E-state index in [9.17, 15) is 17.6 Å². The molecule has 1 aromatic carbocycles. The van der Waals surface area contributed by atoms with Crippen LogP contribution in [0.3, 0.4) is 0 Å². The Morgan fingerprint density at radius 1 is 1.38 bits per heavy atom. The first-order chi connectivity index (χ1) is 13.7. The molecule has 0 aliphatic carbocycles. The number of sulfone groups is 1. The quantitative estimate of drug-likeness (QED) is 0.520. The molecule has 10 heteroatoms. The summed E-state index contributed by atoms with van der Waals surface area (Å²) in [5, 5.41) is 2.90. The Kier molecular flexibility index (Phi) is 5.23. The van der Waals surface area contributed by atoms with Crippen molar-refractivity contribution in [2.24, 2.45) is 0 Å². The maximum absolute atomic E-state index is 14.4. The molecule has 152 valence electrons. The first kappa shape index (κ1) is 20.1. The Morgan fingerprint density at radius 3 is 2.86 bits per heavy atom. The number of aromatic nitrogens is 1. The van der Waals surface area contributed by atoms with Gasteiger partial charge in [-0.3, -0.25) is 9.78 Å². The number of rotatable bonds is 4. The summed E-state index contributed by atoms with van der Waals surface area (Å²) in [6.07, 6.45) is 4.61. The van der Waals surface area contributed by atoms with Crippen LogP contribution in [0.4, 0.5) is 15.8 Å². The van der Waals surface area contributed by atoms with Crippen molar-refractivity contribution < 1.29 is 22.0 Å². The zero-order chi connectivity index (χ0) is 20.8. The van der Waals surface area contributed by atoms with Gasteiger partial charge in [0.05, 0.1) is 16.3 Å². The van der Waals surface area contributed by atoms with E-state index in [1.165, 1.54) is 29.6 Å². The van der Waals surface area contributed by atoms with E-state index in [0.717, 1.165) is 3.57 Å². The molecule has 0 radical (unpaired) electrons. The molecule has 1 unspecified atom stereocenters. The van der Waals surface area contributed by atoms with Crippen molar-refractivity contribution in [1.82, 2.24) is 9.88 Å². The topological polar surface area (TPSA) is 92.5 Å². The fourth-order valence-corrected chi connectivity index (χ4v) is 4.79. The zero-order valence-corrected chi connectivity index (χ0v) is 18.3. The summed E-state index contributed by atoms with van der Waals surface area (Å²) in [7, 11) is -3.24. The lowest BCUT2D eigenvalue weighted by atomic mass is 10.2. The normalized spacial score (nSPS) is 17.1. The van der Waals surface area contributed by atoms with Gasteiger partial charge in [-0.15, -0.1) is 0 Å². The molecule has 3 aromatic rings. The molecule has 1 saturated heterocycles. The largest absolute Gasteiger partial charge is 0.448 e. The molecule has 1 amide bonds. The monoisotopic (exact) mass is 529 g/mol. The second kappa shape index (κ2) is 7.56. The van der Waals surface area contributed by atoms with E-state index in [1.54, 1.807) is 18.2 Å². The van der Waals surface area contributed by atoms with Gasteiger partial charge >= 0.3 is 0 Å². The van der Waals surface area contributed by atoms with Crippen LogP contribution < -0.4 is 5.32 Å². The van der Waals surface area contributed by atoms with Crippen molar-refractivity contribution in [3.63, 3.8) is 0 Å². The van der Waals surface area contributed by atoms with E-state index in [0.29, 0.717) is 29.6 Å². The summed E-state index contributed by atoms with van der Waals surface area (Å²) in [5.41, 5.74) is 0.929. The van der Waals surface area contributed by atoms with Gasteiger partial charge in [-0.2, -0.15) is 0 Å². The van der Waals surface area contributed by atoms with Gasteiger partial charge in [-0.1, -0.05) is 0 Å². The number of nitrogens with zero attached hydrogens (tertiary/aromatic N) is 2. The average Bonchev–Trinajstić information content (AvgIpc) is 3.29. The predicted octanol–water partition coefficient (Wildman–Crippen LogP) is 3.57. The van der Waals surface area contributed by atoms with E-state index in [2.05, 4.69) is 10.3 Å². The second-order valence-electron chi connectivity index (χ2n) is 6.92. The number of anilines is 2. The Balaban J connectivity index is 1.73. The van der Waals surface area contributed by atoms with Gasteiger partial charge in [0, 0.05) is 35.3 Å². The number of halogens is 2. The summed E-state index contributed by atoms with van der Waals surface area (Å²) < 4.78 is 44.5. The fourth-order valence-electron chi connectivity index (χ4n) is 3.35. The maximum Gasteiger partial charge on any atom is 0.291 e. The van der Waals surface area contributed by atoms with Crippen molar-refractivity contribution >= 4 is 60.7 Å². The summed E-state index contributed by atoms with van der Waals surface area (Å²) >= 11 is 2.01. The molecule has 29 heavy (non-hydrogen) atoms. The Hall–Kier alpha value is -2.21. The Bertz CT molecular complexity index is 1210. The third kappa shape index (κ3) is 3.95. The molecule has 1 atom stereocenters. The molecule has 1 aliphatic heterocycles. The van der Waals surface area contributed by atoms with Crippen molar-refractivity contribution in [1.29, 1.82) is 0 Å². The molecule has 4 rings (SSSR count). The molecule has 7 nitrogen and oxygen atoms in total. The molecule has 1 N–H and O–H groups in total. The van der Waals surface area contributed by atoms with Crippen LogP contribution in [0.1, 0.15) is 17.0 Å². The smallest absolute Gasteiger partial charge is 0.291 e. The van der Waals surface area contributed by atoms with E-state index >= 15 is 0 Å². The number of furan rings is 1. The van der Waals surface area contributed by atoms with Gasteiger partial charge in [-0.05, 0) is 53.3 Å². The van der Waals surface area contributed by atoms with Gasteiger partial charge in [0.25, 0.3) is 5.91 Å². The number of carbonyl (C=O) groups is 1. The van der Waals surface area contributed by atoms with Crippen LogP contribution >= 0.6 is 22.6 Å². The highest BCUT2D eigenvalue weighted by atomic mass is 127. The first-order valence-corrected chi connectivity index (χ1v) is 11.8. The van der Waals surface area contributed by atoms with Crippen LogP contribution in [0.15, 0.2) is 41.1 Å². The number of benzene rings is 1. The zero-order valence-electron chi connectivity index (χ0n) is 15.4. The van der Waals surface area contributed by atoms with Crippen LogP contribution in [0.25, 0.3) is 11.0 Å². The third-order valence-corrected chi connectivity index (χ3v) is 7.18. The summed E-state index contributed by atoms with van der Waals surface area (Å²) in [6.45, 7) is 0.410. The van der Waals surface area contributed by atoms with Gasteiger partial charge in [0.2, 0.25) is 5.76 Å². The SMILES string of the molecule is CS(=O)(=O)C1CCN(C(=O)c2oc3ccncc3c2Nc2ccc(I)cc2F)C1. The lowest BCUT2D eigenvalue weighted by Gasteiger charge is -2.16. The van der Waals surface area contributed by atoms with Gasteiger partial charge < -0.3 is 14.6 Å². The van der Waals surface area contributed by atoms with Crippen LogP contribution in [-0.2, 0) is 9.84 Å². The number of pyridine rings is 1. The van der Waals surface area contributed by atoms with Crippen molar-refractivity contribution in [3.05, 3.63) is 51.8 Å². The van der Waals surface area contributed by atoms with Gasteiger partial charge in [0.1, 0.15) is 17.1 Å². The van der Waals surface area contributed by atoms with Gasteiger partial charge in [0.15, 0.2) is 9.84 Å². The third-order valence-electron chi connectivity index (χ3n) is 4.91. The van der Waals surface area contributed by atoms with E-state index in [-0.39, 0.29) is 18.0 Å². The Labute approximate surface area is 180 Å². The van der Waals surface area contributed by atoms with E-state index < -0.39 is 26.8 Å². The number of nitrogens with one attached hydrogen (secondary N) is 1. The minimum Gasteiger partial charge on any atom is -0.448 e. The standard InChI is InChI=1S/C19H17FIN3O4S/c1-29(26,27)12-5-7-24(10-12)19(25)18-17(13-9-22-6-4-16(13)28-18)23-15-3-2-11(21)8-14(15)20/h2-4,6,8-9,12,23H,5,7,10H2,1H3. The molecule has 1 fully saturated rings.